The summed E-state index contributed by atoms with van der Waals surface area (Å²) in [5, 5.41) is 2.43. The van der Waals surface area contributed by atoms with Gasteiger partial charge < -0.3 is 11.1 Å². The van der Waals surface area contributed by atoms with Crippen molar-refractivity contribution in [3.8, 4) is 0 Å². The lowest BCUT2D eigenvalue weighted by atomic mass is 10.1. The molecule has 0 saturated heterocycles. The molecule has 0 aliphatic rings. The van der Waals surface area contributed by atoms with Gasteiger partial charge in [-0.05, 0) is 25.1 Å². The van der Waals surface area contributed by atoms with Gasteiger partial charge in [0.15, 0.2) is 11.6 Å². The number of pyridine rings is 1. The minimum absolute atomic E-state index is 0.240. The molecular weight excluding hydrogens is 252 g/mol. The summed E-state index contributed by atoms with van der Waals surface area (Å²) in [6, 6.07) is 5.46. The molecule has 1 amide bonds. The molecular formula is C13H11F2N3O. The molecule has 0 fully saturated rings. The largest absolute Gasteiger partial charge is 0.381 e. The number of carbonyl (C=O) groups excluding carboxylic acids is 1. The van der Waals surface area contributed by atoms with Crippen molar-refractivity contribution in [2.45, 2.75) is 6.92 Å². The fourth-order valence-electron chi connectivity index (χ4n) is 1.57. The quantitative estimate of drug-likeness (QED) is 0.874. The molecule has 1 aromatic carbocycles. The standard InChI is InChI=1S/C13H11F2N3O/c1-7-9(14)3-2-4-10(7)18-13(19)8-5-6-17-12(16)11(8)15/h2-6H,1H3,(H2,16,17)(H,18,19). The zero-order chi connectivity index (χ0) is 14.0. The Kier molecular flexibility index (Phi) is 3.41. The number of nitrogens with two attached hydrogens (primary N) is 1. The maximum Gasteiger partial charge on any atom is 0.258 e. The molecule has 1 aromatic heterocycles. The second-order valence-electron chi connectivity index (χ2n) is 3.92. The van der Waals surface area contributed by atoms with Crippen molar-refractivity contribution >= 4 is 17.4 Å². The third-order valence-corrected chi connectivity index (χ3v) is 2.68. The summed E-state index contributed by atoms with van der Waals surface area (Å²) in [5.74, 6) is -2.41. The second-order valence-corrected chi connectivity index (χ2v) is 3.92. The van der Waals surface area contributed by atoms with E-state index in [1.165, 1.54) is 37.4 Å². The summed E-state index contributed by atoms with van der Waals surface area (Å²) in [4.78, 5) is 15.4. The highest BCUT2D eigenvalue weighted by atomic mass is 19.1. The van der Waals surface area contributed by atoms with Crippen molar-refractivity contribution < 1.29 is 13.6 Å². The number of hydrogen-bond donors (Lipinski definition) is 2. The van der Waals surface area contributed by atoms with Crippen molar-refractivity contribution in [2.24, 2.45) is 0 Å². The van der Waals surface area contributed by atoms with Crippen molar-refractivity contribution in [2.75, 3.05) is 11.1 Å². The van der Waals surface area contributed by atoms with Crippen LogP contribution in [0.3, 0.4) is 0 Å². The molecule has 0 aliphatic carbocycles. The predicted octanol–water partition coefficient (Wildman–Crippen LogP) is 2.50. The van der Waals surface area contributed by atoms with Gasteiger partial charge >= 0.3 is 0 Å². The van der Waals surface area contributed by atoms with Crippen LogP contribution in [-0.4, -0.2) is 10.9 Å². The van der Waals surface area contributed by atoms with Gasteiger partial charge in [0.2, 0.25) is 0 Å². The van der Waals surface area contributed by atoms with Crippen molar-refractivity contribution in [1.29, 1.82) is 0 Å². The molecule has 98 valence electrons. The Morgan fingerprint density at radius 3 is 2.79 bits per heavy atom. The smallest absolute Gasteiger partial charge is 0.258 e. The zero-order valence-corrected chi connectivity index (χ0v) is 10.1. The Balaban J connectivity index is 2.31. The molecule has 0 spiro atoms. The summed E-state index contributed by atoms with van der Waals surface area (Å²) in [7, 11) is 0. The molecule has 4 nitrogen and oxygen atoms in total. The second kappa shape index (κ2) is 5.01. The van der Waals surface area contributed by atoms with E-state index in [2.05, 4.69) is 10.3 Å². The first-order chi connectivity index (χ1) is 9.00. The summed E-state index contributed by atoms with van der Waals surface area (Å²) in [6.07, 6.45) is 1.23. The molecule has 0 radical (unpaired) electrons. The van der Waals surface area contributed by atoms with Gasteiger partial charge in [-0.3, -0.25) is 4.79 Å². The van der Waals surface area contributed by atoms with Gasteiger partial charge in [0.1, 0.15) is 5.82 Å². The van der Waals surface area contributed by atoms with E-state index in [0.717, 1.165) is 0 Å². The van der Waals surface area contributed by atoms with Crippen LogP contribution in [0.1, 0.15) is 15.9 Å². The van der Waals surface area contributed by atoms with E-state index in [1.807, 2.05) is 0 Å². The Labute approximate surface area is 108 Å². The van der Waals surface area contributed by atoms with Crippen LogP contribution >= 0.6 is 0 Å². The molecule has 0 atom stereocenters. The van der Waals surface area contributed by atoms with E-state index in [9.17, 15) is 13.6 Å². The maximum absolute atomic E-state index is 13.6. The van der Waals surface area contributed by atoms with Gasteiger partial charge in [-0.25, -0.2) is 13.8 Å². The summed E-state index contributed by atoms with van der Waals surface area (Å²) in [6.45, 7) is 1.52. The molecule has 19 heavy (non-hydrogen) atoms. The van der Waals surface area contributed by atoms with Gasteiger partial charge in [-0.15, -0.1) is 0 Å². The first-order valence-electron chi connectivity index (χ1n) is 5.47. The average molecular weight is 263 g/mol. The van der Waals surface area contributed by atoms with Gasteiger partial charge in [0.25, 0.3) is 5.91 Å². The lowest BCUT2D eigenvalue weighted by Crippen LogP contribution is -2.16. The molecule has 0 bridgehead atoms. The third-order valence-electron chi connectivity index (χ3n) is 2.68. The number of halogens is 2. The molecule has 0 unspecified atom stereocenters. The Morgan fingerprint density at radius 1 is 1.32 bits per heavy atom. The molecule has 1 heterocycles. The average Bonchev–Trinajstić information content (AvgIpc) is 2.38. The number of rotatable bonds is 2. The number of nitrogens with zero attached hydrogens (tertiary/aromatic N) is 1. The number of nitrogens with one attached hydrogen (secondary N) is 1. The highest BCUT2D eigenvalue weighted by Crippen LogP contribution is 2.19. The highest BCUT2D eigenvalue weighted by Gasteiger charge is 2.15. The minimum atomic E-state index is -0.894. The zero-order valence-electron chi connectivity index (χ0n) is 10.1. The molecule has 3 N–H and O–H groups in total. The molecule has 0 saturated carbocycles. The Hall–Kier alpha value is -2.50. The van der Waals surface area contributed by atoms with Crippen LogP contribution in [-0.2, 0) is 0 Å². The van der Waals surface area contributed by atoms with Crippen LogP contribution in [0.5, 0.6) is 0 Å². The first-order valence-corrected chi connectivity index (χ1v) is 5.47. The number of amides is 1. The van der Waals surface area contributed by atoms with E-state index in [1.54, 1.807) is 0 Å². The summed E-state index contributed by atoms with van der Waals surface area (Å²) < 4.78 is 26.9. The summed E-state index contributed by atoms with van der Waals surface area (Å²) in [5.41, 5.74) is 5.59. The normalized spacial score (nSPS) is 10.3. The van der Waals surface area contributed by atoms with Crippen LogP contribution in [0.2, 0.25) is 0 Å². The Bertz CT molecular complexity index is 644. The number of anilines is 2. The van der Waals surface area contributed by atoms with E-state index < -0.39 is 17.5 Å². The number of hydrogen-bond acceptors (Lipinski definition) is 3. The minimum Gasteiger partial charge on any atom is -0.381 e. The van der Waals surface area contributed by atoms with Gasteiger partial charge in [-0.2, -0.15) is 0 Å². The van der Waals surface area contributed by atoms with Gasteiger partial charge in [-0.1, -0.05) is 6.07 Å². The lowest BCUT2D eigenvalue weighted by molar-refractivity contribution is 0.102. The van der Waals surface area contributed by atoms with Crippen molar-refractivity contribution in [3.05, 3.63) is 53.2 Å². The lowest BCUT2D eigenvalue weighted by Gasteiger charge is -2.09. The van der Waals surface area contributed by atoms with Crippen molar-refractivity contribution in [1.82, 2.24) is 4.98 Å². The Morgan fingerprint density at radius 2 is 2.05 bits per heavy atom. The van der Waals surface area contributed by atoms with Crippen LogP contribution in [0.4, 0.5) is 20.3 Å². The fourth-order valence-corrected chi connectivity index (χ4v) is 1.57. The number of benzene rings is 1. The van der Waals surface area contributed by atoms with Gasteiger partial charge in [0.05, 0.1) is 5.56 Å². The fraction of sp³-hybridized carbons (Fsp3) is 0.0769. The molecule has 0 aliphatic heterocycles. The number of aromatic nitrogens is 1. The molecule has 2 aromatic rings. The molecule has 2 rings (SSSR count). The van der Waals surface area contributed by atoms with Crippen LogP contribution in [0.25, 0.3) is 0 Å². The van der Waals surface area contributed by atoms with Crippen LogP contribution < -0.4 is 11.1 Å². The van der Waals surface area contributed by atoms with E-state index in [4.69, 9.17) is 5.73 Å². The van der Waals surface area contributed by atoms with E-state index in [-0.39, 0.29) is 22.6 Å². The predicted molar refractivity (Wildman–Crippen MR) is 67.7 cm³/mol. The van der Waals surface area contributed by atoms with Gasteiger partial charge in [0, 0.05) is 17.4 Å². The summed E-state index contributed by atoms with van der Waals surface area (Å²) >= 11 is 0. The molecule has 6 heteroatoms. The topological polar surface area (TPSA) is 68.0 Å². The van der Waals surface area contributed by atoms with Crippen molar-refractivity contribution in [3.63, 3.8) is 0 Å². The highest BCUT2D eigenvalue weighted by molar-refractivity contribution is 6.05. The number of nitrogen functional groups attached to an aromatic ring is 1. The van der Waals surface area contributed by atoms with Crippen LogP contribution in [0, 0.1) is 18.6 Å². The maximum atomic E-state index is 13.6. The number of carbonyl (C=O) groups is 1. The van der Waals surface area contributed by atoms with E-state index in [0.29, 0.717) is 0 Å². The third kappa shape index (κ3) is 2.52. The monoisotopic (exact) mass is 263 g/mol. The van der Waals surface area contributed by atoms with E-state index >= 15 is 0 Å². The SMILES string of the molecule is Cc1c(F)cccc1NC(=O)c1ccnc(N)c1F. The first kappa shape index (κ1) is 12.9. The van der Waals surface area contributed by atoms with Crippen LogP contribution in [0.15, 0.2) is 30.5 Å².